The van der Waals surface area contributed by atoms with Crippen LogP contribution in [-0.4, -0.2) is 27.0 Å². The Morgan fingerprint density at radius 2 is 2.31 bits per heavy atom. The number of aromatic nitrogens is 3. The van der Waals surface area contributed by atoms with Crippen LogP contribution in [0.2, 0.25) is 0 Å². The van der Waals surface area contributed by atoms with Crippen LogP contribution >= 0.6 is 11.3 Å². The molecule has 0 unspecified atom stereocenters. The minimum absolute atomic E-state index is 0.0905. The first-order valence-corrected chi connectivity index (χ1v) is 5.67. The Morgan fingerprint density at radius 1 is 1.56 bits per heavy atom. The fourth-order valence-electron chi connectivity index (χ4n) is 1.52. The molecule has 0 aromatic carbocycles. The largest absolute Gasteiger partial charge is 0.348 e. The normalized spacial score (nSPS) is 10.6. The second-order valence-electron chi connectivity index (χ2n) is 3.38. The van der Waals surface area contributed by atoms with Crippen LogP contribution in [0.15, 0.2) is 12.7 Å². The van der Waals surface area contributed by atoms with E-state index < -0.39 is 0 Å². The van der Waals surface area contributed by atoms with E-state index in [0.717, 1.165) is 16.5 Å². The summed E-state index contributed by atoms with van der Waals surface area (Å²) in [5.41, 5.74) is 0.879. The molecule has 1 amide bonds. The van der Waals surface area contributed by atoms with Crippen molar-refractivity contribution in [1.82, 2.24) is 19.9 Å². The molecule has 0 radical (unpaired) electrons. The summed E-state index contributed by atoms with van der Waals surface area (Å²) in [7, 11) is 0. The van der Waals surface area contributed by atoms with Gasteiger partial charge in [0.25, 0.3) is 5.91 Å². The standard InChI is InChI=1S/C10H12N4OS/c1-4-5-11-9(15)8-6(2)14-7(3)12-13-10(14)16-8/h4H,1,5H2,2-3H3,(H,11,15). The number of hydrogen-bond acceptors (Lipinski definition) is 4. The molecule has 0 fully saturated rings. The molecule has 84 valence electrons. The lowest BCUT2D eigenvalue weighted by Crippen LogP contribution is -2.23. The molecule has 2 rings (SSSR count). The van der Waals surface area contributed by atoms with E-state index in [1.165, 1.54) is 11.3 Å². The Kier molecular flexibility index (Phi) is 2.74. The zero-order chi connectivity index (χ0) is 11.7. The molecule has 0 spiro atoms. The van der Waals surface area contributed by atoms with Crippen molar-refractivity contribution in [2.24, 2.45) is 0 Å². The number of amides is 1. The number of hydrogen-bond donors (Lipinski definition) is 1. The molecule has 0 aliphatic carbocycles. The van der Waals surface area contributed by atoms with Gasteiger partial charge in [0, 0.05) is 12.2 Å². The SMILES string of the molecule is C=CCNC(=O)c1sc2nnc(C)n2c1C. The van der Waals surface area contributed by atoms with Crippen LogP contribution in [0.25, 0.3) is 4.96 Å². The first-order chi connectivity index (χ1) is 7.65. The van der Waals surface area contributed by atoms with Gasteiger partial charge in [-0.05, 0) is 13.8 Å². The van der Waals surface area contributed by atoms with Crippen LogP contribution in [-0.2, 0) is 0 Å². The summed E-state index contributed by atoms with van der Waals surface area (Å²) in [5, 5.41) is 10.7. The average Bonchev–Trinajstić information content (AvgIpc) is 2.78. The summed E-state index contributed by atoms with van der Waals surface area (Å²) in [4.78, 5) is 13.2. The molecule has 0 aliphatic rings. The predicted octanol–water partition coefficient (Wildman–Crippen LogP) is 1.32. The summed E-state index contributed by atoms with van der Waals surface area (Å²) in [6.07, 6.45) is 1.65. The minimum Gasteiger partial charge on any atom is -0.348 e. The van der Waals surface area contributed by atoms with Gasteiger partial charge in [-0.2, -0.15) is 0 Å². The average molecular weight is 236 g/mol. The van der Waals surface area contributed by atoms with Crippen molar-refractivity contribution in [3.05, 3.63) is 29.1 Å². The van der Waals surface area contributed by atoms with Crippen LogP contribution in [0.5, 0.6) is 0 Å². The smallest absolute Gasteiger partial charge is 0.263 e. The van der Waals surface area contributed by atoms with Gasteiger partial charge in [0.05, 0.1) is 0 Å². The highest BCUT2D eigenvalue weighted by molar-refractivity contribution is 7.19. The maximum Gasteiger partial charge on any atom is 0.263 e. The highest BCUT2D eigenvalue weighted by Gasteiger charge is 2.17. The number of nitrogens with zero attached hydrogens (tertiary/aromatic N) is 3. The second kappa shape index (κ2) is 4.05. The third kappa shape index (κ3) is 1.61. The van der Waals surface area contributed by atoms with Gasteiger partial charge in [-0.1, -0.05) is 17.4 Å². The third-order valence-corrected chi connectivity index (χ3v) is 3.40. The fraction of sp³-hybridized carbons (Fsp3) is 0.300. The molecule has 6 heteroatoms. The molecule has 0 atom stereocenters. The van der Waals surface area contributed by atoms with Crippen molar-refractivity contribution in [1.29, 1.82) is 0 Å². The lowest BCUT2D eigenvalue weighted by Gasteiger charge is -2.00. The van der Waals surface area contributed by atoms with E-state index in [0.29, 0.717) is 11.4 Å². The molecular formula is C10H12N4OS. The maximum atomic E-state index is 11.8. The molecule has 0 aliphatic heterocycles. The van der Waals surface area contributed by atoms with E-state index in [-0.39, 0.29) is 5.91 Å². The summed E-state index contributed by atoms with van der Waals surface area (Å²) in [5.74, 6) is 0.707. The molecule has 2 aromatic heterocycles. The molecular weight excluding hydrogens is 224 g/mol. The summed E-state index contributed by atoms with van der Waals surface area (Å²) >= 11 is 1.35. The molecule has 16 heavy (non-hydrogen) atoms. The Hall–Kier alpha value is -1.69. The second-order valence-corrected chi connectivity index (χ2v) is 4.36. The van der Waals surface area contributed by atoms with Gasteiger partial charge >= 0.3 is 0 Å². The molecule has 0 saturated carbocycles. The lowest BCUT2D eigenvalue weighted by molar-refractivity contribution is 0.0961. The molecule has 1 N–H and O–H groups in total. The third-order valence-electron chi connectivity index (χ3n) is 2.27. The first-order valence-electron chi connectivity index (χ1n) is 4.85. The van der Waals surface area contributed by atoms with Crippen LogP contribution in [0.4, 0.5) is 0 Å². The summed E-state index contributed by atoms with van der Waals surface area (Å²) < 4.78 is 1.88. The van der Waals surface area contributed by atoms with Gasteiger partial charge in [-0.3, -0.25) is 9.20 Å². The zero-order valence-electron chi connectivity index (χ0n) is 9.15. The number of aryl methyl sites for hydroxylation is 2. The molecule has 2 aromatic rings. The fourth-order valence-corrected chi connectivity index (χ4v) is 2.55. The van der Waals surface area contributed by atoms with Gasteiger partial charge in [-0.15, -0.1) is 16.8 Å². The van der Waals surface area contributed by atoms with Gasteiger partial charge in [0.2, 0.25) is 4.96 Å². The lowest BCUT2D eigenvalue weighted by atomic mass is 10.3. The topological polar surface area (TPSA) is 59.3 Å². The predicted molar refractivity (Wildman–Crippen MR) is 62.9 cm³/mol. The molecule has 5 nitrogen and oxygen atoms in total. The molecule has 0 bridgehead atoms. The monoisotopic (exact) mass is 236 g/mol. The summed E-state index contributed by atoms with van der Waals surface area (Å²) in [6, 6.07) is 0. The maximum absolute atomic E-state index is 11.8. The number of rotatable bonds is 3. The number of nitrogens with one attached hydrogen (secondary N) is 1. The van der Waals surface area contributed by atoms with Crippen LogP contribution in [0, 0.1) is 13.8 Å². The zero-order valence-corrected chi connectivity index (χ0v) is 9.97. The molecule has 2 heterocycles. The van der Waals surface area contributed by atoms with E-state index >= 15 is 0 Å². The number of fused-ring (bicyclic) bond motifs is 1. The Balaban J connectivity index is 2.41. The number of carbonyl (C=O) groups excluding carboxylic acids is 1. The van der Waals surface area contributed by atoms with E-state index in [1.807, 2.05) is 18.2 Å². The van der Waals surface area contributed by atoms with Crippen LogP contribution < -0.4 is 5.32 Å². The highest BCUT2D eigenvalue weighted by atomic mass is 32.1. The number of thiazole rings is 1. The van der Waals surface area contributed by atoms with Crippen molar-refractivity contribution < 1.29 is 4.79 Å². The van der Waals surface area contributed by atoms with E-state index in [4.69, 9.17) is 0 Å². The quantitative estimate of drug-likeness (QED) is 0.818. The van der Waals surface area contributed by atoms with Crippen LogP contribution in [0.1, 0.15) is 21.2 Å². The van der Waals surface area contributed by atoms with Crippen LogP contribution in [0.3, 0.4) is 0 Å². The van der Waals surface area contributed by atoms with Gasteiger partial charge in [0.15, 0.2) is 0 Å². The van der Waals surface area contributed by atoms with Gasteiger partial charge in [-0.25, -0.2) is 0 Å². The van der Waals surface area contributed by atoms with Crippen molar-refractivity contribution in [2.45, 2.75) is 13.8 Å². The van der Waals surface area contributed by atoms with E-state index in [9.17, 15) is 4.79 Å². The number of carbonyl (C=O) groups is 1. The minimum atomic E-state index is -0.0905. The van der Waals surface area contributed by atoms with Crippen molar-refractivity contribution in [3.8, 4) is 0 Å². The Bertz CT molecular complexity index is 554. The van der Waals surface area contributed by atoms with Crippen molar-refractivity contribution in [2.75, 3.05) is 6.54 Å². The Morgan fingerprint density at radius 3 is 2.94 bits per heavy atom. The molecule has 0 saturated heterocycles. The Labute approximate surface area is 96.8 Å². The van der Waals surface area contributed by atoms with Crippen molar-refractivity contribution in [3.63, 3.8) is 0 Å². The first kappa shape index (κ1) is 10.8. The van der Waals surface area contributed by atoms with E-state index in [2.05, 4.69) is 22.1 Å². The van der Waals surface area contributed by atoms with Gasteiger partial charge < -0.3 is 5.32 Å². The summed E-state index contributed by atoms with van der Waals surface area (Å²) in [6.45, 7) is 7.78. The van der Waals surface area contributed by atoms with Gasteiger partial charge in [0.1, 0.15) is 10.7 Å². The van der Waals surface area contributed by atoms with Crippen molar-refractivity contribution >= 4 is 22.2 Å². The highest BCUT2D eigenvalue weighted by Crippen LogP contribution is 2.22. The van der Waals surface area contributed by atoms with E-state index in [1.54, 1.807) is 6.08 Å².